The van der Waals surface area contributed by atoms with E-state index in [4.69, 9.17) is 13.8 Å². The summed E-state index contributed by atoms with van der Waals surface area (Å²) in [4.78, 5) is 35.3. The van der Waals surface area contributed by atoms with Gasteiger partial charge in [0.1, 0.15) is 13.0 Å². The first-order valence-corrected chi connectivity index (χ1v) is 13.0. The molecule has 0 atom stereocenters. The van der Waals surface area contributed by atoms with Crippen molar-refractivity contribution in [1.82, 2.24) is 0 Å². The minimum Gasteiger partial charge on any atom is -0.460 e. The number of nitro benzene ring substituents is 1. The van der Waals surface area contributed by atoms with E-state index in [1.54, 1.807) is 38.1 Å². The van der Waals surface area contributed by atoms with Crippen molar-refractivity contribution in [2.45, 2.75) is 31.8 Å². The van der Waals surface area contributed by atoms with E-state index in [0.29, 0.717) is 30.1 Å². The number of nitro groups is 1. The van der Waals surface area contributed by atoms with Crippen LogP contribution >= 0.6 is 19.4 Å². The molecule has 0 aliphatic rings. The lowest BCUT2D eigenvalue weighted by Gasteiger charge is -2.16. The van der Waals surface area contributed by atoms with Gasteiger partial charge in [-0.2, -0.15) is 0 Å². The Bertz CT molecular complexity index is 984. The van der Waals surface area contributed by atoms with Crippen molar-refractivity contribution < 1.29 is 32.9 Å². The molecule has 11 heteroatoms. The maximum Gasteiger partial charge on any atom is 0.331 e. The minimum absolute atomic E-state index is 0.0561. The molecule has 0 amide bonds. The Hall–Kier alpha value is -2.52. The monoisotopic (exact) mass is 495 g/mol. The highest BCUT2D eigenvalue weighted by atomic mass is 32.2. The molecule has 2 aromatic carbocycles. The third kappa shape index (κ3) is 9.09. The molecule has 9 nitrogen and oxygen atoms in total. The highest BCUT2D eigenvalue weighted by molar-refractivity contribution is 7.99. The van der Waals surface area contributed by atoms with E-state index in [1.807, 2.05) is 0 Å². The predicted molar refractivity (Wildman–Crippen MR) is 125 cm³/mol. The predicted octanol–water partition coefficient (Wildman–Crippen LogP) is 5.27. The fourth-order valence-corrected chi connectivity index (χ4v) is 5.68. The Balaban J connectivity index is 1.80. The maximum absolute atomic E-state index is 12.5. The topological polar surface area (TPSA) is 122 Å². The first kappa shape index (κ1) is 26.7. The first-order chi connectivity index (χ1) is 15.8. The average molecular weight is 495 g/mol. The Morgan fingerprint density at radius 1 is 1.00 bits per heavy atom. The fourth-order valence-electron chi connectivity index (χ4n) is 2.73. The summed E-state index contributed by atoms with van der Waals surface area (Å²) in [5.74, 6) is -0.531. The Kier molecular flexibility index (Phi) is 10.7. The van der Waals surface area contributed by atoms with E-state index in [1.165, 1.54) is 36.0 Å². The fraction of sp³-hybridized carbons (Fsp3) is 0.364. The van der Waals surface area contributed by atoms with Crippen LogP contribution in [0.4, 0.5) is 5.69 Å². The number of benzene rings is 2. The van der Waals surface area contributed by atoms with Crippen LogP contribution in [-0.4, -0.2) is 41.8 Å². The number of carbonyl (C=O) groups is 2. The summed E-state index contributed by atoms with van der Waals surface area (Å²) >= 11 is 1.46. The van der Waals surface area contributed by atoms with Gasteiger partial charge in [-0.15, -0.1) is 11.8 Å². The lowest BCUT2D eigenvalue weighted by atomic mass is 10.1. The van der Waals surface area contributed by atoms with Crippen LogP contribution in [0.15, 0.2) is 53.4 Å². The standard InChI is InChI=1S/C22H26NO8PS/c1-3-30-32(28,31-4-2)13-14-33-20-11-7-18(8-12-20)21(24)15-22(25)29-16-17-5-9-19(10-6-17)23(26)27/h5-12H,3-4,13-16H2,1-2H3. The van der Waals surface area contributed by atoms with Gasteiger partial charge in [-0.3, -0.25) is 24.3 Å². The Morgan fingerprint density at radius 2 is 1.61 bits per heavy atom. The largest absolute Gasteiger partial charge is 0.460 e. The number of nitrogens with zero attached hydrogens (tertiary/aromatic N) is 1. The number of rotatable bonds is 14. The third-order valence-electron chi connectivity index (χ3n) is 4.31. The van der Waals surface area contributed by atoms with Crippen LogP contribution in [0.5, 0.6) is 0 Å². The molecule has 0 unspecified atom stereocenters. The van der Waals surface area contributed by atoms with Gasteiger partial charge >= 0.3 is 13.6 Å². The van der Waals surface area contributed by atoms with Crippen LogP contribution in [0.3, 0.4) is 0 Å². The zero-order chi connectivity index (χ0) is 24.3. The SMILES string of the molecule is CCOP(=O)(CCSc1ccc(C(=O)CC(=O)OCc2ccc([N+](=O)[O-])cc2)cc1)OCC. The van der Waals surface area contributed by atoms with Gasteiger partial charge in [0.05, 0.1) is 24.3 Å². The maximum atomic E-state index is 12.5. The van der Waals surface area contributed by atoms with E-state index < -0.39 is 24.9 Å². The zero-order valence-corrected chi connectivity index (χ0v) is 20.1. The van der Waals surface area contributed by atoms with Crippen molar-refractivity contribution >= 4 is 36.8 Å². The molecule has 0 N–H and O–H groups in total. The number of thioether (sulfide) groups is 1. The molecule has 0 bridgehead atoms. The Labute approximate surface area is 196 Å². The first-order valence-electron chi connectivity index (χ1n) is 10.3. The van der Waals surface area contributed by atoms with Crippen molar-refractivity contribution in [3.63, 3.8) is 0 Å². The summed E-state index contributed by atoms with van der Waals surface area (Å²) in [6.45, 7) is 4.08. The van der Waals surface area contributed by atoms with Gasteiger partial charge in [0.2, 0.25) is 0 Å². The summed E-state index contributed by atoms with van der Waals surface area (Å²) in [6, 6.07) is 12.4. The quantitative estimate of drug-likeness (QED) is 0.0656. The second-order valence-electron chi connectivity index (χ2n) is 6.73. The number of non-ortho nitro benzene ring substituents is 1. The molecule has 0 radical (unpaired) electrons. The van der Waals surface area contributed by atoms with Gasteiger partial charge in [-0.25, -0.2) is 0 Å². The molecular formula is C22H26NO8PS. The number of Topliss-reactive ketones (excluding diaryl/α,β-unsaturated/α-hetero) is 1. The van der Waals surface area contributed by atoms with Gasteiger partial charge in [0, 0.05) is 28.3 Å². The summed E-state index contributed by atoms with van der Waals surface area (Å²) < 4.78 is 28.1. The molecule has 2 aromatic rings. The van der Waals surface area contributed by atoms with Gasteiger partial charge < -0.3 is 13.8 Å². The van der Waals surface area contributed by atoms with Gasteiger partial charge in [0.15, 0.2) is 5.78 Å². The molecule has 0 aliphatic carbocycles. The van der Waals surface area contributed by atoms with Crippen LogP contribution in [0.1, 0.15) is 36.2 Å². The Morgan fingerprint density at radius 3 is 2.15 bits per heavy atom. The van der Waals surface area contributed by atoms with E-state index >= 15 is 0 Å². The van der Waals surface area contributed by atoms with Crippen LogP contribution < -0.4 is 0 Å². The van der Waals surface area contributed by atoms with E-state index in [-0.39, 0.29) is 24.2 Å². The second-order valence-corrected chi connectivity index (χ2v) is 10.1. The molecule has 0 saturated heterocycles. The molecule has 2 rings (SSSR count). The summed E-state index contributed by atoms with van der Waals surface area (Å²) in [7, 11) is -3.09. The molecule has 0 aromatic heterocycles. The van der Waals surface area contributed by atoms with E-state index in [0.717, 1.165) is 4.90 Å². The van der Waals surface area contributed by atoms with Crippen molar-refractivity contribution in [1.29, 1.82) is 0 Å². The molecule has 0 saturated carbocycles. The molecule has 178 valence electrons. The lowest BCUT2D eigenvalue weighted by Crippen LogP contribution is -2.11. The molecular weight excluding hydrogens is 469 g/mol. The molecule has 0 heterocycles. The van der Waals surface area contributed by atoms with Crippen molar-refractivity contribution in [3.05, 3.63) is 69.8 Å². The summed E-state index contributed by atoms with van der Waals surface area (Å²) in [6.07, 6.45) is -0.133. The number of carbonyl (C=O) groups excluding carboxylic acids is 2. The lowest BCUT2D eigenvalue weighted by molar-refractivity contribution is -0.384. The van der Waals surface area contributed by atoms with E-state index in [9.17, 15) is 24.3 Å². The summed E-state index contributed by atoms with van der Waals surface area (Å²) in [5.41, 5.74) is 0.904. The van der Waals surface area contributed by atoms with Crippen molar-refractivity contribution in [3.8, 4) is 0 Å². The van der Waals surface area contributed by atoms with Crippen LogP contribution in [0.25, 0.3) is 0 Å². The van der Waals surface area contributed by atoms with Gasteiger partial charge in [0.25, 0.3) is 5.69 Å². The van der Waals surface area contributed by atoms with Crippen LogP contribution in [0.2, 0.25) is 0 Å². The second kappa shape index (κ2) is 13.3. The summed E-state index contributed by atoms with van der Waals surface area (Å²) in [5, 5.41) is 10.7. The third-order valence-corrected chi connectivity index (χ3v) is 7.70. The number of esters is 1. The average Bonchev–Trinajstić information content (AvgIpc) is 2.78. The van der Waals surface area contributed by atoms with Crippen molar-refractivity contribution in [2.75, 3.05) is 25.1 Å². The number of ketones is 1. The van der Waals surface area contributed by atoms with Gasteiger partial charge in [-0.1, -0.05) is 12.1 Å². The molecule has 0 aliphatic heterocycles. The normalized spacial score (nSPS) is 11.2. The molecule has 33 heavy (non-hydrogen) atoms. The smallest absolute Gasteiger partial charge is 0.331 e. The minimum atomic E-state index is -3.09. The molecule has 0 spiro atoms. The number of ether oxygens (including phenoxy) is 1. The highest BCUT2D eigenvalue weighted by Gasteiger charge is 2.23. The van der Waals surface area contributed by atoms with Gasteiger partial charge in [-0.05, 0) is 43.7 Å². The van der Waals surface area contributed by atoms with E-state index in [2.05, 4.69) is 0 Å². The zero-order valence-electron chi connectivity index (χ0n) is 18.4. The van der Waals surface area contributed by atoms with Crippen molar-refractivity contribution in [2.24, 2.45) is 0 Å². The highest BCUT2D eigenvalue weighted by Crippen LogP contribution is 2.48. The number of hydrogen-bond donors (Lipinski definition) is 0. The number of hydrogen-bond acceptors (Lipinski definition) is 9. The molecule has 0 fully saturated rings. The van der Waals surface area contributed by atoms with Crippen LogP contribution in [-0.2, 0) is 29.8 Å². The van der Waals surface area contributed by atoms with Crippen LogP contribution in [0, 0.1) is 10.1 Å².